The lowest BCUT2D eigenvalue weighted by atomic mass is 10.2. The Hall–Kier alpha value is -3.33. The van der Waals surface area contributed by atoms with Gasteiger partial charge in [-0.25, -0.2) is 15.0 Å². The van der Waals surface area contributed by atoms with Crippen LogP contribution in [0.2, 0.25) is 0 Å². The Morgan fingerprint density at radius 1 is 1.21 bits per heavy atom. The minimum absolute atomic E-state index is 0.208. The largest absolute Gasteiger partial charge is 0.364 e. The van der Waals surface area contributed by atoms with E-state index in [1.165, 1.54) is 11.3 Å². The molecule has 1 amide bonds. The lowest BCUT2D eigenvalue weighted by Crippen LogP contribution is -2.11. The van der Waals surface area contributed by atoms with Crippen molar-refractivity contribution in [2.24, 2.45) is 5.73 Å². The van der Waals surface area contributed by atoms with E-state index in [9.17, 15) is 4.79 Å². The first-order valence-corrected chi connectivity index (χ1v) is 7.86. The molecular weight excluding hydrogens is 326 g/mol. The van der Waals surface area contributed by atoms with Crippen LogP contribution in [0.1, 0.15) is 10.5 Å². The number of carbonyl (C=O) groups excluding carboxylic acids is 1. The van der Waals surface area contributed by atoms with Gasteiger partial charge in [0.25, 0.3) is 5.91 Å². The van der Waals surface area contributed by atoms with Gasteiger partial charge in [0.15, 0.2) is 16.5 Å². The second-order valence-corrected chi connectivity index (χ2v) is 5.82. The summed E-state index contributed by atoms with van der Waals surface area (Å²) in [6.45, 7) is 0. The summed E-state index contributed by atoms with van der Waals surface area (Å²) in [4.78, 5) is 24.3. The second kappa shape index (κ2) is 5.70. The van der Waals surface area contributed by atoms with Crippen LogP contribution in [0.3, 0.4) is 0 Å². The van der Waals surface area contributed by atoms with Crippen molar-refractivity contribution in [3.8, 4) is 10.8 Å². The van der Waals surface area contributed by atoms with Crippen LogP contribution < -0.4 is 11.1 Å². The van der Waals surface area contributed by atoms with Crippen molar-refractivity contribution < 1.29 is 4.79 Å². The summed E-state index contributed by atoms with van der Waals surface area (Å²) in [7, 11) is 0. The molecule has 0 spiro atoms. The Kier molecular flexibility index (Phi) is 3.39. The molecule has 118 valence electrons. The third-order valence-corrected chi connectivity index (χ3v) is 4.12. The van der Waals surface area contributed by atoms with Gasteiger partial charge in [-0.15, -0.1) is 11.3 Å². The molecule has 0 radical (unpaired) electrons. The van der Waals surface area contributed by atoms with Crippen LogP contribution in [0.4, 0.5) is 11.5 Å². The number of H-pyrrole nitrogens is 1. The average Bonchev–Trinajstić information content (AvgIpc) is 3.24. The number of amides is 1. The zero-order valence-corrected chi connectivity index (χ0v) is 13.0. The van der Waals surface area contributed by atoms with Crippen LogP contribution in [-0.4, -0.2) is 31.1 Å². The number of aromatic amines is 1. The van der Waals surface area contributed by atoms with Crippen LogP contribution in [0.15, 0.2) is 42.0 Å². The molecule has 4 aromatic rings. The zero-order chi connectivity index (χ0) is 16.5. The fraction of sp³-hybridized carbons (Fsp3) is 0. The molecular formula is C15H11N7OS. The predicted octanol–water partition coefficient (Wildman–Crippen LogP) is 2.32. The molecule has 9 heteroatoms. The summed E-state index contributed by atoms with van der Waals surface area (Å²) in [5.41, 5.74) is 7.04. The van der Waals surface area contributed by atoms with Crippen molar-refractivity contribution in [3.63, 3.8) is 0 Å². The highest BCUT2D eigenvalue weighted by Gasteiger charge is 2.12. The molecule has 24 heavy (non-hydrogen) atoms. The number of rotatable bonds is 4. The van der Waals surface area contributed by atoms with Gasteiger partial charge < -0.3 is 11.1 Å². The number of nitrogens with zero attached hydrogens (tertiary/aromatic N) is 4. The van der Waals surface area contributed by atoms with E-state index >= 15 is 0 Å². The van der Waals surface area contributed by atoms with Gasteiger partial charge in [0.05, 0.1) is 5.52 Å². The Bertz CT molecular complexity index is 1030. The maximum atomic E-state index is 11.4. The van der Waals surface area contributed by atoms with Gasteiger partial charge in [-0.1, -0.05) is 0 Å². The maximum Gasteiger partial charge on any atom is 0.269 e. The summed E-state index contributed by atoms with van der Waals surface area (Å²) in [6.07, 6.45) is 3.37. The number of fused-ring (bicyclic) bond motifs is 1. The molecule has 8 nitrogen and oxygen atoms in total. The molecule has 4 N–H and O–H groups in total. The molecule has 4 rings (SSSR count). The first kappa shape index (κ1) is 14.3. The Morgan fingerprint density at radius 3 is 2.92 bits per heavy atom. The van der Waals surface area contributed by atoms with Crippen molar-refractivity contribution in [2.75, 3.05) is 5.32 Å². The lowest BCUT2D eigenvalue weighted by Gasteiger charge is -2.06. The molecule has 1 aromatic carbocycles. The van der Waals surface area contributed by atoms with Crippen molar-refractivity contribution >= 4 is 39.7 Å². The molecule has 0 bridgehead atoms. The summed E-state index contributed by atoms with van der Waals surface area (Å²) in [5, 5.41) is 13.2. The molecule has 0 fully saturated rings. The number of primary amides is 1. The number of aromatic nitrogens is 5. The molecule has 0 saturated heterocycles. The van der Waals surface area contributed by atoms with Gasteiger partial charge >= 0.3 is 0 Å². The van der Waals surface area contributed by atoms with Crippen LogP contribution in [-0.2, 0) is 0 Å². The Balaban J connectivity index is 1.68. The van der Waals surface area contributed by atoms with Crippen LogP contribution in [0.5, 0.6) is 0 Å². The number of nitrogens with two attached hydrogens (primary N) is 1. The predicted molar refractivity (Wildman–Crippen MR) is 91.0 cm³/mol. The third-order valence-electron chi connectivity index (χ3n) is 3.35. The van der Waals surface area contributed by atoms with Crippen molar-refractivity contribution in [2.45, 2.75) is 0 Å². The minimum atomic E-state index is -0.577. The normalized spacial score (nSPS) is 10.8. The van der Waals surface area contributed by atoms with Gasteiger partial charge in [0.1, 0.15) is 5.82 Å². The monoisotopic (exact) mass is 337 g/mol. The molecule has 0 aliphatic rings. The average molecular weight is 337 g/mol. The molecule has 0 aliphatic carbocycles. The number of anilines is 2. The van der Waals surface area contributed by atoms with Gasteiger partial charge in [0.2, 0.25) is 0 Å². The Morgan fingerprint density at radius 2 is 2.12 bits per heavy atom. The van der Waals surface area contributed by atoms with E-state index in [4.69, 9.17) is 5.73 Å². The summed E-state index contributed by atoms with van der Waals surface area (Å²) in [6, 6.07) is 7.23. The number of thiazole rings is 1. The van der Waals surface area contributed by atoms with E-state index < -0.39 is 5.91 Å². The third kappa shape index (κ3) is 2.57. The van der Waals surface area contributed by atoms with Gasteiger partial charge in [-0.2, -0.15) is 5.10 Å². The van der Waals surface area contributed by atoms with E-state index in [0.717, 1.165) is 16.2 Å². The first-order chi connectivity index (χ1) is 11.7. The number of hydrogen-bond donors (Lipinski definition) is 3. The molecule has 3 heterocycles. The standard InChI is InChI=1S/C15H11N7OS/c16-13(23)12-9-7-8(1-2-10(9)21-22-12)19-11-3-4-17-14(20-11)15-18-5-6-24-15/h1-7H,(H2,16,23)(H,21,22)(H,17,19,20). The summed E-state index contributed by atoms with van der Waals surface area (Å²) in [5.74, 6) is 0.599. The van der Waals surface area contributed by atoms with Gasteiger partial charge in [0, 0.05) is 28.8 Å². The van der Waals surface area contributed by atoms with E-state index in [0.29, 0.717) is 17.0 Å². The van der Waals surface area contributed by atoms with E-state index in [1.807, 2.05) is 17.5 Å². The van der Waals surface area contributed by atoms with Gasteiger partial charge in [-0.3, -0.25) is 9.89 Å². The number of nitrogens with one attached hydrogen (secondary N) is 2. The first-order valence-electron chi connectivity index (χ1n) is 6.98. The molecule has 0 aliphatic heterocycles. The zero-order valence-electron chi connectivity index (χ0n) is 12.2. The fourth-order valence-corrected chi connectivity index (χ4v) is 2.87. The van der Waals surface area contributed by atoms with Crippen LogP contribution in [0, 0.1) is 0 Å². The highest BCUT2D eigenvalue weighted by atomic mass is 32.1. The van der Waals surface area contributed by atoms with Gasteiger partial charge in [-0.05, 0) is 24.3 Å². The second-order valence-electron chi connectivity index (χ2n) is 4.92. The number of hydrogen-bond acceptors (Lipinski definition) is 7. The quantitative estimate of drug-likeness (QED) is 0.525. The maximum absolute atomic E-state index is 11.4. The molecule has 0 saturated carbocycles. The van der Waals surface area contributed by atoms with E-state index in [2.05, 4.69) is 30.5 Å². The summed E-state index contributed by atoms with van der Waals surface area (Å²) < 4.78 is 0. The highest BCUT2D eigenvalue weighted by Crippen LogP contribution is 2.24. The number of carbonyl (C=O) groups is 1. The van der Waals surface area contributed by atoms with Crippen LogP contribution in [0.25, 0.3) is 21.7 Å². The molecule has 0 atom stereocenters. The smallest absolute Gasteiger partial charge is 0.269 e. The fourth-order valence-electron chi connectivity index (χ4n) is 2.29. The number of benzene rings is 1. The van der Waals surface area contributed by atoms with Crippen molar-refractivity contribution in [1.29, 1.82) is 0 Å². The molecule has 0 unspecified atom stereocenters. The minimum Gasteiger partial charge on any atom is -0.364 e. The molecule has 3 aromatic heterocycles. The van der Waals surface area contributed by atoms with E-state index in [1.54, 1.807) is 24.5 Å². The van der Waals surface area contributed by atoms with Crippen molar-refractivity contribution in [1.82, 2.24) is 25.1 Å². The van der Waals surface area contributed by atoms with Crippen molar-refractivity contribution in [3.05, 3.63) is 47.7 Å². The van der Waals surface area contributed by atoms with Crippen LogP contribution >= 0.6 is 11.3 Å². The SMILES string of the molecule is NC(=O)c1n[nH]c2ccc(Nc3ccnc(-c4nccs4)n3)cc12. The lowest BCUT2D eigenvalue weighted by molar-refractivity contribution is 0.0997. The Labute approximate surface area is 139 Å². The topological polar surface area (TPSA) is 122 Å². The van der Waals surface area contributed by atoms with E-state index in [-0.39, 0.29) is 5.69 Å². The highest BCUT2D eigenvalue weighted by molar-refractivity contribution is 7.13. The summed E-state index contributed by atoms with van der Waals surface area (Å²) >= 11 is 1.47.